The van der Waals surface area contributed by atoms with Crippen molar-refractivity contribution in [2.24, 2.45) is 0 Å². The van der Waals surface area contributed by atoms with E-state index in [1.165, 1.54) is 5.56 Å². The minimum absolute atomic E-state index is 0.350. The summed E-state index contributed by atoms with van der Waals surface area (Å²) in [6.07, 6.45) is 0.954. The zero-order valence-electron chi connectivity index (χ0n) is 7.88. The van der Waals surface area contributed by atoms with Gasteiger partial charge in [0.15, 0.2) is 0 Å². The van der Waals surface area contributed by atoms with E-state index in [2.05, 4.69) is 13.0 Å². The highest BCUT2D eigenvalue weighted by atomic mass is 35.5. The number of thiophene rings is 1. The first-order valence-electron chi connectivity index (χ1n) is 4.54. The Labute approximate surface area is 91.9 Å². The monoisotopic (exact) mass is 226 g/mol. The summed E-state index contributed by atoms with van der Waals surface area (Å²) in [7, 11) is 0. The van der Waals surface area contributed by atoms with Crippen molar-refractivity contribution < 1.29 is 5.11 Å². The molecular formula is C11H11ClOS. The Kier molecular flexibility index (Phi) is 2.66. The second-order valence-corrected chi connectivity index (χ2v) is 4.37. The van der Waals surface area contributed by atoms with Gasteiger partial charge in [0.25, 0.3) is 0 Å². The Morgan fingerprint density at radius 2 is 2.29 bits per heavy atom. The van der Waals surface area contributed by atoms with Crippen LogP contribution in [0.4, 0.5) is 0 Å². The second-order valence-electron chi connectivity index (χ2n) is 3.18. The van der Waals surface area contributed by atoms with Gasteiger partial charge in [-0.05, 0) is 40.4 Å². The number of benzene rings is 1. The van der Waals surface area contributed by atoms with Gasteiger partial charge in [0.1, 0.15) is 5.75 Å². The van der Waals surface area contributed by atoms with Crippen molar-refractivity contribution in [1.29, 1.82) is 0 Å². The Bertz CT molecular complexity index is 462. The minimum atomic E-state index is 0.350. The molecule has 0 aliphatic carbocycles. The van der Waals surface area contributed by atoms with Crippen molar-refractivity contribution in [2.45, 2.75) is 19.2 Å². The van der Waals surface area contributed by atoms with Gasteiger partial charge in [0, 0.05) is 5.88 Å². The molecule has 1 aromatic carbocycles. The molecule has 3 heteroatoms. The zero-order chi connectivity index (χ0) is 10.1. The van der Waals surface area contributed by atoms with Crippen LogP contribution in [0.2, 0.25) is 0 Å². The molecule has 74 valence electrons. The molecule has 0 bridgehead atoms. The summed E-state index contributed by atoms with van der Waals surface area (Å²) >= 11 is 7.41. The fourth-order valence-electron chi connectivity index (χ4n) is 1.77. The van der Waals surface area contributed by atoms with Crippen LogP contribution in [0.5, 0.6) is 5.75 Å². The number of phenolic OH excluding ortho intramolecular Hbond substituents is 1. The lowest BCUT2D eigenvalue weighted by atomic mass is 10.0. The topological polar surface area (TPSA) is 20.2 Å². The molecule has 14 heavy (non-hydrogen) atoms. The first kappa shape index (κ1) is 9.81. The van der Waals surface area contributed by atoms with Gasteiger partial charge in [-0.1, -0.05) is 6.92 Å². The Hall–Kier alpha value is -0.730. The van der Waals surface area contributed by atoms with Gasteiger partial charge in [0.2, 0.25) is 0 Å². The van der Waals surface area contributed by atoms with Crippen molar-refractivity contribution in [3.8, 4) is 5.75 Å². The number of fused-ring (bicyclic) bond motifs is 1. The quantitative estimate of drug-likeness (QED) is 0.770. The standard InChI is InChI=1S/C11H11ClOS/c1-2-8-7(6-12)5-10(13)11-9(8)3-4-14-11/h3-5,13H,2,6H2,1H3. The average Bonchev–Trinajstić information content (AvgIpc) is 2.66. The number of hydrogen-bond donors (Lipinski definition) is 1. The van der Waals surface area contributed by atoms with Crippen molar-refractivity contribution >= 4 is 33.0 Å². The number of aryl methyl sites for hydroxylation is 1. The summed E-state index contributed by atoms with van der Waals surface area (Å²) < 4.78 is 0.968. The zero-order valence-corrected chi connectivity index (χ0v) is 9.45. The normalized spacial score (nSPS) is 11.0. The van der Waals surface area contributed by atoms with Crippen LogP contribution in [0.1, 0.15) is 18.1 Å². The molecule has 0 spiro atoms. The maximum absolute atomic E-state index is 9.74. The van der Waals surface area contributed by atoms with Crippen LogP contribution in [0, 0.1) is 0 Å². The van der Waals surface area contributed by atoms with Crippen LogP contribution in [0.25, 0.3) is 10.1 Å². The average molecular weight is 227 g/mol. The van der Waals surface area contributed by atoms with Crippen molar-refractivity contribution in [1.82, 2.24) is 0 Å². The summed E-state index contributed by atoms with van der Waals surface area (Å²) in [6, 6.07) is 3.83. The highest BCUT2D eigenvalue weighted by Crippen LogP contribution is 2.35. The lowest BCUT2D eigenvalue weighted by Gasteiger charge is -2.07. The van der Waals surface area contributed by atoms with Crippen LogP contribution in [-0.4, -0.2) is 5.11 Å². The lowest BCUT2D eigenvalue weighted by molar-refractivity contribution is 0.482. The molecule has 2 aromatic rings. The number of halogens is 1. The van der Waals surface area contributed by atoms with Gasteiger partial charge >= 0.3 is 0 Å². The molecule has 2 rings (SSSR count). The number of phenols is 1. The third kappa shape index (κ3) is 1.39. The molecule has 0 saturated heterocycles. The molecule has 1 N–H and O–H groups in total. The van der Waals surface area contributed by atoms with Gasteiger partial charge in [-0.3, -0.25) is 0 Å². The van der Waals surface area contributed by atoms with Gasteiger partial charge in [-0.2, -0.15) is 0 Å². The first-order chi connectivity index (χ1) is 6.77. The third-order valence-corrected chi connectivity index (χ3v) is 3.64. The Morgan fingerprint density at radius 3 is 2.93 bits per heavy atom. The highest BCUT2D eigenvalue weighted by Gasteiger charge is 2.10. The number of alkyl halides is 1. The number of hydrogen-bond acceptors (Lipinski definition) is 2. The second kappa shape index (κ2) is 3.79. The molecular weight excluding hydrogens is 216 g/mol. The highest BCUT2D eigenvalue weighted by molar-refractivity contribution is 7.17. The van der Waals surface area contributed by atoms with E-state index in [4.69, 9.17) is 11.6 Å². The third-order valence-electron chi connectivity index (χ3n) is 2.42. The van der Waals surface area contributed by atoms with Gasteiger partial charge in [-0.15, -0.1) is 22.9 Å². The van der Waals surface area contributed by atoms with Crippen LogP contribution in [0.3, 0.4) is 0 Å². The molecule has 1 heterocycles. The van der Waals surface area contributed by atoms with E-state index in [1.54, 1.807) is 17.4 Å². The fraction of sp³-hybridized carbons (Fsp3) is 0.273. The Balaban J connectivity index is 2.82. The summed E-state index contributed by atoms with van der Waals surface area (Å²) in [5, 5.41) is 12.9. The summed E-state index contributed by atoms with van der Waals surface area (Å²) in [5.41, 5.74) is 2.30. The van der Waals surface area contributed by atoms with E-state index < -0.39 is 0 Å². The minimum Gasteiger partial charge on any atom is -0.506 e. The smallest absolute Gasteiger partial charge is 0.133 e. The molecule has 1 aromatic heterocycles. The molecule has 0 amide bonds. The largest absolute Gasteiger partial charge is 0.506 e. The summed E-state index contributed by atoms with van der Waals surface area (Å²) in [5.74, 6) is 0.811. The van der Waals surface area contributed by atoms with E-state index in [1.807, 2.05) is 5.38 Å². The van der Waals surface area contributed by atoms with Crippen LogP contribution in [-0.2, 0) is 12.3 Å². The van der Waals surface area contributed by atoms with Gasteiger partial charge in [-0.25, -0.2) is 0 Å². The van der Waals surface area contributed by atoms with Crippen molar-refractivity contribution in [3.05, 3.63) is 28.6 Å². The van der Waals surface area contributed by atoms with E-state index in [9.17, 15) is 5.11 Å². The van der Waals surface area contributed by atoms with E-state index in [0.717, 1.165) is 22.1 Å². The van der Waals surface area contributed by atoms with Crippen LogP contribution in [0.15, 0.2) is 17.5 Å². The molecule has 0 unspecified atom stereocenters. The van der Waals surface area contributed by atoms with E-state index >= 15 is 0 Å². The van der Waals surface area contributed by atoms with Crippen LogP contribution < -0.4 is 0 Å². The lowest BCUT2D eigenvalue weighted by Crippen LogP contribution is -1.90. The molecule has 0 radical (unpaired) electrons. The first-order valence-corrected chi connectivity index (χ1v) is 5.96. The van der Waals surface area contributed by atoms with Gasteiger partial charge < -0.3 is 5.11 Å². The van der Waals surface area contributed by atoms with E-state index in [0.29, 0.717) is 11.6 Å². The van der Waals surface area contributed by atoms with Crippen molar-refractivity contribution in [3.63, 3.8) is 0 Å². The maximum Gasteiger partial charge on any atom is 0.133 e. The summed E-state index contributed by atoms with van der Waals surface area (Å²) in [4.78, 5) is 0. The maximum atomic E-state index is 9.74. The predicted molar refractivity (Wildman–Crippen MR) is 62.4 cm³/mol. The van der Waals surface area contributed by atoms with Crippen LogP contribution >= 0.6 is 22.9 Å². The molecule has 0 saturated carbocycles. The number of aromatic hydroxyl groups is 1. The van der Waals surface area contributed by atoms with E-state index in [-0.39, 0.29) is 0 Å². The molecule has 0 atom stereocenters. The Morgan fingerprint density at radius 1 is 1.50 bits per heavy atom. The molecule has 1 nitrogen and oxygen atoms in total. The molecule has 0 aliphatic rings. The SMILES string of the molecule is CCc1c(CCl)cc(O)c2sccc12. The molecule has 0 fully saturated rings. The summed E-state index contributed by atoms with van der Waals surface area (Å²) in [6.45, 7) is 2.11. The van der Waals surface area contributed by atoms with Crippen molar-refractivity contribution in [2.75, 3.05) is 0 Å². The predicted octanol–water partition coefficient (Wildman–Crippen LogP) is 3.91. The van der Waals surface area contributed by atoms with Gasteiger partial charge in [0.05, 0.1) is 4.70 Å². The number of rotatable bonds is 2. The molecule has 0 aliphatic heterocycles. The fourth-order valence-corrected chi connectivity index (χ4v) is 2.85.